The van der Waals surface area contributed by atoms with E-state index in [1.807, 2.05) is 23.5 Å². The molecule has 0 aliphatic heterocycles. The molecule has 0 aliphatic rings. The molecule has 0 saturated carbocycles. The maximum absolute atomic E-state index is 11.0. The summed E-state index contributed by atoms with van der Waals surface area (Å²) in [5.41, 5.74) is 5.73. The SMILES string of the molecule is NC(=O)NC(=O)CNCCc1ccccn1. The number of aromatic nitrogens is 1. The molecule has 1 aromatic heterocycles. The molecule has 6 heteroatoms. The Morgan fingerprint density at radius 1 is 1.38 bits per heavy atom. The van der Waals surface area contributed by atoms with Crippen LogP contribution in [0.15, 0.2) is 24.4 Å². The van der Waals surface area contributed by atoms with Crippen LogP contribution in [0.25, 0.3) is 0 Å². The van der Waals surface area contributed by atoms with Crippen molar-refractivity contribution >= 4 is 11.9 Å². The second-order valence-corrected chi connectivity index (χ2v) is 3.16. The summed E-state index contributed by atoms with van der Waals surface area (Å²) in [7, 11) is 0. The summed E-state index contributed by atoms with van der Waals surface area (Å²) in [5, 5.41) is 4.84. The van der Waals surface area contributed by atoms with Gasteiger partial charge in [-0.1, -0.05) is 6.07 Å². The first kappa shape index (κ1) is 12.1. The van der Waals surface area contributed by atoms with Gasteiger partial charge in [0, 0.05) is 24.9 Å². The number of urea groups is 1. The minimum absolute atomic E-state index is 0.0653. The molecule has 86 valence electrons. The molecule has 16 heavy (non-hydrogen) atoms. The van der Waals surface area contributed by atoms with Crippen LogP contribution in [0.5, 0.6) is 0 Å². The predicted octanol–water partition coefficient (Wildman–Crippen LogP) is -0.591. The maximum Gasteiger partial charge on any atom is 0.318 e. The minimum atomic E-state index is -0.837. The lowest BCUT2D eigenvalue weighted by molar-refractivity contribution is -0.119. The van der Waals surface area contributed by atoms with Gasteiger partial charge in [-0.05, 0) is 12.1 Å². The number of nitrogens with one attached hydrogen (secondary N) is 2. The number of imide groups is 1. The first-order valence-corrected chi connectivity index (χ1v) is 4.88. The van der Waals surface area contributed by atoms with Gasteiger partial charge >= 0.3 is 6.03 Å². The fraction of sp³-hybridized carbons (Fsp3) is 0.300. The van der Waals surface area contributed by atoms with E-state index in [0.29, 0.717) is 6.54 Å². The van der Waals surface area contributed by atoms with E-state index in [1.54, 1.807) is 6.20 Å². The Balaban J connectivity index is 2.13. The van der Waals surface area contributed by atoms with Crippen LogP contribution < -0.4 is 16.4 Å². The molecule has 0 unspecified atom stereocenters. The van der Waals surface area contributed by atoms with Gasteiger partial charge in [-0.15, -0.1) is 0 Å². The van der Waals surface area contributed by atoms with E-state index in [2.05, 4.69) is 10.3 Å². The molecule has 0 bridgehead atoms. The molecule has 1 aromatic rings. The molecule has 0 atom stereocenters. The molecule has 0 aromatic carbocycles. The highest BCUT2D eigenvalue weighted by atomic mass is 16.2. The maximum atomic E-state index is 11.0. The summed E-state index contributed by atoms with van der Waals surface area (Å²) in [4.78, 5) is 25.4. The predicted molar refractivity (Wildman–Crippen MR) is 58.5 cm³/mol. The lowest BCUT2D eigenvalue weighted by Crippen LogP contribution is -2.41. The van der Waals surface area contributed by atoms with Gasteiger partial charge in [0.05, 0.1) is 6.54 Å². The normalized spacial score (nSPS) is 9.75. The number of carbonyl (C=O) groups is 2. The second-order valence-electron chi connectivity index (χ2n) is 3.16. The third kappa shape index (κ3) is 5.06. The van der Waals surface area contributed by atoms with Crippen LogP contribution in [-0.4, -0.2) is 30.0 Å². The van der Waals surface area contributed by atoms with Crippen molar-refractivity contribution in [2.75, 3.05) is 13.1 Å². The highest BCUT2D eigenvalue weighted by Gasteiger charge is 2.02. The summed E-state index contributed by atoms with van der Waals surface area (Å²) in [5.74, 6) is -0.437. The van der Waals surface area contributed by atoms with E-state index in [1.165, 1.54) is 0 Å². The molecule has 3 amide bonds. The molecule has 1 heterocycles. The first-order chi connectivity index (χ1) is 7.68. The monoisotopic (exact) mass is 222 g/mol. The number of hydrogen-bond acceptors (Lipinski definition) is 4. The molecular formula is C10H14N4O2. The van der Waals surface area contributed by atoms with Crippen molar-refractivity contribution in [1.82, 2.24) is 15.6 Å². The van der Waals surface area contributed by atoms with Crippen molar-refractivity contribution in [2.24, 2.45) is 5.73 Å². The zero-order valence-corrected chi connectivity index (χ0v) is 8.77. The number of amides is 3. The van der Waals surface area contributed by atoms with Gasteiger partial charge in [-0.3, -0.25) is 15.1 Å². The van der Waals surface area contributed by atoms with Gasteiger partial charge in [0.15, 0.2) is 0 Å². The summed E-state index contributed by atoms with van der Waals surface area (Å²) >= 11 is 0. The highest BCUT2D eigenvalue weighted by molar-refractivity contribution is 5.94. The zero-order valence-electron chi connectivity index (χ0n) is 8.77. The molecule has 0 radical (unpaired) electrons. The summed E-state index contributed by atoms with van der Waals surface area (Å²) in [6.07, 6.45) is 2.44. The second kappa shape index (κ2) is 6.52. The molecule has 0 saturated heterocycles. The van der Waals surface area contributed by atoms with Gasteiger partial charge in [0.25, 0.3) is 0 Å². The molecular weight excluding hydrogens is 208 g/mol. The molecule has 0 spiro atoms. The molecule has 0 fully saturated rings. The van der Waals surface area contributed by atoms with Crippen LogP contribution in [0.4, 0.5) is 4.79 Å². The zero-order chi connectivity index (χ0) is 11.8. The van der Waals surface area contributed by atoms with E-state index in [9.17, 15) is 9.59 Å². The molecule has 4 N–H and O–H groups in total. The van der Waals surface area contributed by atoms with Crippen LogP contribution in [-0.2, 0) is 11.2 Å². The highest BCUT2D eigenvalue weighted by Crippen LogP contribution is 1.92. The topological polar surface area (TPSA) is 97.1 Å². The molecule has 0 aliphatic carbocycles. The third-order valence-electron chi connectivity index (χ3n) is 1.83. The molecule has 6 nitrogen and oxygen atoms in total. The van der Waals surface area contributed by atoms with Crippen molar-refractivity contribution in [3.8, 4) is 0 Å². The summed E-state index contributed by atoms with van der Waals surface area (Å²) in [6, 6.07) is 4.82. The largest absolute Gasteiger partial charge is 0.351 e. The van der Waals surface area contributed by atoms with Gasteiger partial charge in [-0.2, -0.15) is 0 Å². The van der Waals surface area contributed by atoms with Gasteiger partial charge in [0.2, 0.25) is 5.91 Å². The number of rotatable bonds is 5. The Labute approximate surface area is 93.2 Å². The van der Waals surface area contributed by atoms with Crippen LogP contribution in [0.2, 0.25) is 0 Å². The van der Waals surface area contributed by atoms with Crippen molar-refractivity contribution in [2.45, 2.75) is 6.42 Å². The van der Waals surface area contributed by atoms with Gasteiger partial charge in [0.1, 0.15) is 0 Å². The van der Waals surface area contributed by atoms with Crippen molar-refractivity contribution < 1.29 is 9.59 Å². The number of nitrogens with two attached hydrogens (primary N) is 1. The van der Waals surface area contributed by atoms with Crippen molar-refractivity contribution in [3.63, 3.8) is 0 Å². The van der Waals surface area contributed by atoms with E-state index in [0.717, 1.165) is 12.1 Å². The Morgan fingerprint density at radius 3 is 2.81 bits per heavy atom. The standard InChI is InChI=1S/C10H14N4O2/c11-10(16)14-9(15)7-12-6-4-8-3-1-2-5-13-8/h1-3,5,12H,4,6-7H2,(H3,11,14,15,16). The number of primary amides is 1. The summed E-state index contributed by atoms with van der Waals surface area (Å²) < 4.78 is 0. The number of pyridine rings is 1. The Hall–Kier alpha value is -1.95. The number of carbonyl (C=O) groups excluding carboxylic acids is 2. The number of nitrogens with zero attached hydrogens (tertiary/aromatic N) is 1. The summed E-state index contributed by atoms with van der Waals surface area (Å²) in [6.45, 7) is 0.680. The van der Waals surface area contributed by atoms with Gasteiger partial charge < -0.3 is 11.1 Å². The van der Waals surface area contributed by atoms with E-state index in [-0.39, 0.29) is 6.54 Å². The van der Waals surface area contributed by atoms with E-state index < -0.39 is 11.9 Å². The van der Waals surface area contributed by atoms with Gasteiger partial charge in [-0.25, -0.2) is 4.79 Å². The first-order valence-electron chi connectivity index (χ1n) is 4.88. The smallest absolute Gasteiger partial charge is 0.318 e. The van der Waals surface area contributed by atoms with Crippen LogP contribution in [0, 0.1) is 0 Å². The van der Waals surface area contributed by atoms with Crippen LogP contribution in [0.1, 0.15) is 5.69 Å². The molecule has 1 rings (SSSR count). The third-order valence-corrected chi connectivity index (χ3v) is 1.83. The lowest BCUT2D eigenvalue weighted by Gasteiger charge is -2.03. The minimum Gasteiger partial charge on any atom is -0.351 e. The average Bonchev–Trinajstić information content (AvgIpc) is 2.25. The van der Waals surface area contributed by atoms with Crippen LogP contribution >= 0.6 is 0 Å². The van der Waals surface area contributed by atoms with Crippen molar-refractivity contribution in [1.29, 1.82) is 0 Å². The van der Waals surface area contributed by atoms with Crippen LogP contribution in [0.3, 0.4) is 0 Å². The van der Waals surface area contributed by atoms with E-state index >= 15 is 0 Å². The number of hydrogen-bond donors (Lipinski definition) is 3. The Morgan fingerprint density at radius 2 is 2.19 bits per heavy atom. The van der Waals surface area contributed by atoms with Crippen molar-refractivity contribution in [3.05, 3.63) is 30.1 Å². The van der Waals surface area contributed by atoms with E-state index in [4.69, 9.17) is 5.73 Å². The fourth-order valence-electron chi connectivity index (χ4n) is 1.15. The lowest BCUT2D eigenvalue weighted by atomic mass is 10.3. The quantitative estimate of drug-likeness (QED) is 0.580. The average molecular weight is 222 g/mol. The Kier molecular flexibility index (Phi) is 4.94. The Bertz CT molecular complexity index is 353. The fourth-order valence-corrected chi connectivity index (χ4v) is 1.15.